The van der Waals surface area contributed by atoms with Gasteiger partial charge in [0.05, 0.1) is 17.4 Å². The number of aromatic nitrogens is 2. The summed E-state index contributed by atoms with van der Waals surface area (Å²) >= 11 is 7.41. The van der Waals surface area contributed by atoms with Crippen LogP contribution in [0.4, 0.5) is 0 Å². The van der Waals surface area contributed by atoms with Gasteiger partial charge in [0, 0.05) is 11.8 Å². The summed E-state index contributed by atoms with van der Waals surface area (Å²) in [4.78, 5) is 8.31. The van der Waals surface area contributed by atoms with Crippen LogP contribution in [0.3, 0.4) is 0 Å². The fourth-order valence-electron chi connectivity index (χ4n) is 1.62. The van der Waals surface area contributed by atoms with Gasteiger partial charge in [-0.25, -0.2) is 9.97 Å². The van der Waals surface area contributed by atoms with E-state index in [0.717, 1.165) is 17.5 Å². The SMILES string of the molecule is Clc1cnc(SC[C@@H]2CCCCN2)nc1. The van der Waals surface area contributed by atoms with Crippen LogP contribution in [-0.4, -0.2) is 28.3 Å². The van der Waals surface area contributed by atoms with Crippen LogP contribution in [0.15, 0.2) is 17.6 Å². The third kappa shape index (κ3) is 3.63. The Morgan fingerprint density at radius 2 is 2.20 bits per heavy atom. The number of piperidine rings is 1. The van der Waals surface area contributed by atoms with Crippen molar-refractivity contribution in [2.24, 2.45) is 0 Å². The van der Waals surface area contributed by atoms with E-state index in [0.29, 0.717) is 11.1 Å². The van der Waals surface area contributed by atoms with Crippen molar-refractivity contribution < 1.29 is 0 Å². The van der Waals surface area contributed by atoms with Crippen LogP contribution in [-0.2, 0) is 0 Å². The second-order valence-electron chi connectivity index (χ2n) is 3.64. The van der Waals surface area contributed by atoms with E-state index in [-0.39, 0.29) is 0 Å². The third-order valence-corrected chi connectivity index (χ3v) is 3.66. The Labute approximate surface area is 99.0 Å². The van der Waals surface area contributed by atoms with Crippen LogP contribution in [0.5, 0.6) is 0 Å². The fraction of sp³-hybridized carbons (Fsp3) is 0.600. The standard InChI is InChI=1S/C10H14ClN3S/c11-8-5-13-10(14-6-8)15-7-9-3-1-2-4-12-9/h5-6,9,12H,1-4,7H2/t9-/m0/s1. The molecule has 0 spiro atoms. The Morgan fingerprint density at radius 1 is 1.40 bits per heavy atom. The zero-order chi connectivity index (χ0) is 10.5. The van der Waals surface area contributed by atoms with Gasteiger partial charge in [-0.15, -0.1) is 0 Å². The predicted octanol–water partition coefficient (Wildman–Crippen LogP) is 2.36. The highest BCUT2D eigenvalue weighted by molar-refractivity contribution is 7.99. The molecule has 2 rings (SSSR count). The van der Waals surface area contributed by atoms with E-state index in [1.807, 2.05) is 0 Å². The van der Waals surface area contributed by atoms with Gasteiger partial charge >= 0.3 is 0 Å². The summed E-state index contributed by atoms with van der Waals surface area (Å²) in [5.74, 6) is 1.04. The lowest BCUT2D eigenvalue weighted by Gasteiger charge is -2.22. The summed E-state index contributed by atoms with van der Waals surface area (Å²) in [6, 6.07) is 0.614. The molecule has 1 N–H and O–H groups in total. The molecule has 1 aromatic heterocycles. The summed E-state index contributed by atoms with van der Waals surface area (Å²) in [5.41, 5.74) is 0. The molecular formula is C10H14ClN3S. The maximum Gasteiger partial charge on any atom is 0.187 e. The highest BCUT2D eigenvalue weighted by atomic mass is 35.5. The molecule has 15 heavy (non-hydrogen) atoms. The molecule has 1 aromatic rings. The third-order valence-electron chi connectivity index (χ3n) is 2.42. The molecule has 3 nitrogen and oxygen atoms in total. The highest BCUT2D eigenvalue weighted by Gasteiger charge is 2.12. The number of rotatable bonds is 3. The van der Waals surface area contributed by atoms with Crippen molar-refractivity contribution in [2.75, 3.05) is 12.3 Å². The van der Waals surface area contributed by atoms with Crippen molar-refractivity contribution in [3.63, 3.8) is 0 Å². The Balaban J connectivity index is 1.79. The quantitative estimate of drug-likeness (QED) is 0.654. The van der Waals surface area contributed by atoms with Crippen LogP contribution in [0.2, 0.25) is 5.02 Å². The van der Waals surface area contributed by atoms with Crippen molar-refractivity contribution in [2.45, 2.75) is 30.5 Å². The molecule has 82 valence electrons. The van der Waals surface area contributed by atoms with E-state index in [1.54, 1.807) is 24.2 Å². The molecule has 2 heterocycles. The molecule has 0 aromatic carbocycles. The van der Waals surface area contributed by atoms with E-state index in [2.05, 4.69) is 15.3 Å². The van der Waals surface area contributed by atoms with E-state index < -0.39 is 0 Å². The molecular weight excluding hydrogens is 230 g/mol. The average Bonchev–Trinajstić information content (AvgIpc) is 2.30. The smallest absolute Gasteiger partial charge is 0.187 e. The summed E-state index contributed by atoms with van der Waals surface area (Å²) < 4.78 is 0. The summed E-state index contributed by atoms with van der Waals surface area (Å²) in [6.07, 6.45) is 7.19. The first-order valence-corrected chi connectivity index (χ1v) is 6.55. The van der Waals surface area contributed by atoms with Crippen molar-refractivity contribution in [3.05, 3.63) is 17.4 Å². The first kappa shape index (κ1) is 11.2. The Bertz CT molecular complexity index is 298. The van der Waals surface area contributed by atoms with Gasteiger partial charge in [0.15, 0.2) is 5.16 Å². The zero-order valence-corrected chi connectivity index (χ0v) is 10.0. The van der Waals surface area contributed by atoms with Crippen molar-refractivity contribution in [1.29, 1.82) is 0 Å². The van der Waals surface area contributed by atoms with Gasteiger partial charge in [0.25, 0.3) is 0 Å². The van der Waals surface area contributed by atoms with Crippen LogP contribution in [0, 0.1) is 0 Å². The Hall–Kier alpha value is -0.320. The fourth-order valence-corrected chi connectivity index (χ4v) is 2.60. The minimum absolute atomic E-state index is 0.593. The number of hydrogen-bond donors (Lipinski definition) is 1. The molecule has 0 unspecified atom stereocenters. The molecule has 0 amide bonds. The van der Waals surface area contributed by atoms with Crippen LogP contribution in [0.1, 0.15) is 19.3 Å². The van der Waals surface area contributed by atoms with Gasteiger partial charge in [-0.2, -0.15) is 0 Å². The van der Waals surface area contributed by atoms with E-state index in [9.17, 15) is 0 Å². The van der Waals surface area contributed by atoms with Crippen molar-refractivity contribution in [1.82, 2.24) is 15.3 Å². The van der Waals surface area contributed by atoms with Crippen LogP contribution in [0.25, 0.3) is 0 Å². The van der Waals surface area contributed by atoms with Gasteiger partial charge in [0.1, 0.15) is 0 Å². The lowest BCUT2D eigenvalue weighted by atomic mass is 10.1. The van der Waals surface area contributed by atoms with E-state index in [4.69, 9.17) is 11.6 Å². The van der Waals surface area contributed by atoms with Gasteiger partial charge in [0.2, 0.25) is 0 Å². The van der Waals surface area contributed by atoms with Crippen molar-refractivity contribution >= 4 is 23.4 Å². The zero-order valence-electron chi connectivity index (χ0n) is 8.45. The van der Waals surface area contributed by atoms with Gasteiger partial charge in [-0.1, -0.05) is 29.8 Å². The summed E-state index contributed by atoms with van der Waals surface area (Å²) in [7, 11) is 0. The molecule has 0 aliphatic carbocycles. The molecule has 1 aliphatic rings. The lowest BCUT2D eigenvalue weighted by molar-refractivity contribution is 0.429. The van der Waals surface area contributed by atoms with Gasteiger partial charge in [-0.3, -0.25) is 0 Å². The summed E-state index contributed by atoms with van der Waals surface area (Å²) in [5, 5.41) is 4.90. The molecule has 0 bridgehead atoms. The predicted molar refractivity (Wildman–Crippen MR) is 63.4 cm³/mol. The minimum Gasteiger partial charge on any atom is -0.313 e. The molecule has 1 aliphatic heterocycles. The van der Waals surface area contributed by atoms with E-state index in [1.165, 1.54) is 19.3 Å². The largest absolute Gasteiger partial charge is 0.313 e. The van der Waals surface area contributed by atoms with Gasteiger partial charge in [-0.05, 0) is 19.4 Å². The highest BCUT2D eigenvalue weighted by Crippen LogP contribution is 2.18. The second-order valence-corrected chi connectivity index (χ2v) is 5.07. The van der Waals surface area contributed by atoms with E-state index >= 15 is 0 Å². The normalized spacial score (nSPS) is 21.5. The maximum absolute atomic E-state index is 5.71. The number of thioether (sulfide) groups is 1. The molecule has 0 radical (unpaired) electrons. The van der Waals surface area contributed by atoms with Crippen LogP contribution < -0.4 is 5.32 Å². The lowest BCUT2D eigenvalue weighted by Crippen LogP contribution is -2.35. The second kappa shape index (κ2) is 5.68. The Morgan fingerprint density at radius 3 is 2.87 bits per heavy atom. The number of nitrogens with one attached hydrogen (secondary N) is 1. The maximum atomic E-state index is 5.71. The van der Waals surface area contributed by atoms with Gasteiger partial charge < -0.3 is 5.32 Å². The molecule has 1 saturated heterocycles. The monoisotopic (exact) mass is 243 g/mol. The summed E-state index contributed by atoms with van der Waals surface area (Å²) in [6.45, 7) is 1.15. The minimum atomic E-state index is 0.593. The molecule has 0 saturated carbocycles. The number of hydrogen-bond acceptors (Lipinski definition) is 4. The molecule has 1 atom stereocenters. The molecule has 5 heteroatoms. The number of nitrogens with zero attached hydrogens (tertiary/aromatic N) is 2. The first-order valence-electron chi connectivity index (χ1n) is 5.18. The topological polar surface area (TPSA) is 37.8 Å². The van der Waals surface area contributed by atoms with Crippen molar-refractivity contribution in [3.8, 4) is 0 Å². The molecule has 1 fully saturated rings. The number of halogens is 1. The van der Waals surface area contributed by atoms with Crippen LogP contribution >= 0.6 is 23.4 Å². The first-order chi connectivity index (χ1) is 7.34. The Kier molecular flexibility index (Phi) is 4.23. The average molecular weight is 244 g/mol.